The maximum Gasteiger partial charge on any atom is 0.227 e. The summed E-state index contributed by atoms with van der Waals surface area (Å²) in [6.07, 6.45) is 10.1. The summed E-state index contributed by atoms with van der Waals surface area (Å²) < 4.78 is 0. The van der Waals surface area contributed by atoms with Gasteiger partial charge in [0.1, 0.15) is 0 Å². The van der Waals surface area contributed by atoms with E-state index in [1.165, 1.54) is 12.8 Å². The SMILES string of the molecule is O=C(NCCC1(NC(=O)C23CC4CC2C3C4)CC1)C12CCCN(CC1)C2. The van der Waals surface area contributed by atoms with Gasteiger partial charge in [0.15, 0.2) is 0 Å². The summed E-state index contributed by atoms with van der Waals surface area (Å²) >= 11 is 0. The number of amides is 2. The van der Waals surface area contributed by atoms with Crippen LogP contribution < -0.4 is 10.6 Å². The van der Waals surface area contributed by atoms with Crippen LogP contribution in [-0.2, 0) is 9.59 Å². The minimum atomic E-state index is -0.122. The molecule has 7 fully saturated rings. The molecule has 5 heteroatoms. The van der Waals surface area contributed by atoms with Crippen molar-refractivity contribution in [1.29, 1.82) is 0 Å². The average molecular weight is 357 g/mol. The number of hydrogen-bond acceptors (Lipinski definition) is 3. The molecule has 6 bridgehead atoms. The Balaban J connectivity index is 1.03. The smallest absolute Gasteiger partial charge is 0.227 e. The third-order valence-corrected chi connectivity index (χ3v) is 9.09. The van der Waals surface area contributed by atoms with Crippen LogP contribution in [0.25, 0.3) is 0 Å². The van der Waals surface area contributed by atoms with Crippen LogP contribution in [0.5, 0.6) is 0 Å². The molecule has 5 nitrogen and oxygen atoms in total. The van der Waals surface area contributed by atoms with Gasteiger partial charge in [-0.1, -0.05) is 0 Å². The third kappa shape index (κ3) is 2.07. The Kier molecular flexibility index (Phi) is 3.08. The third-order valence-electron chi connectivity index (χ3n) is 9.09. The lowest BCUT2D eigenvalue weighted by molar-refractivity contribution is -0.131. The van der Waals surface area contributed by atoms with Crippen molar-refractivity contribution in [3.8, 4) is 0 Å². The van der Waals surface area contributed by atoms with Gasteiger partial charge in [-0.05, 0) is 88.6 Å². The zero-order chi connectivity index (χ0) is 17.6. The number of fused-ring (bicyclic) bond motifs is 2. The molecule has 2 aliphatic heterocycles. The van der Waals surface area contributed by atoms with Crippen molar-refractivity contribution in [2.75, 3.05) is 26.2 Å². The van der Waals surface area contributed by atoms with E-state index in [-0.39, 0.29) is 22.3 Å². The molecule has 0 aromatic carbocycles. The van der Waals surface area contributed by atoms with Crippen molar-refractivity contribution in [1.82, 2.24) is 15.5 Å². The van der Waals surface area contributed by atoms with Gasteiger partial charge in [-0.2, -0.15) is 0 Å². The minimum Gasteiger partial charge on any atom is -0.355 e. The Morgan fingerprint density at radius 2 is 1.81 bits per heavy atom. The molecule has 7 aliphatic rings. The summed E-state index contributed by atoms with van der Waals surface area (Å²) in [6, 6.07) is 0. The van der Waals surface area contributed by atoms with Crippen LogP contribution in [0.2, 0.25) is 0 Å². The molecule has 2 heterocycles. The predicted molar refractivity (Wildman–Crippen MR) is 97.2 cm³/mol. The quantitative estimate of drug-likeness (QED) is 0.760. The van der Waals surface area contributed by atoms with Gasteiger partial charge in [-0.15, -0.1) is 0 Å². The fourth-order valence-corrected chi connectivity index (χ4v) is 7.39. The monoisotopic (exact) mass is 357 g/mol. The topological polar surface area (TPSA) is 61.4 Å². The number of hydrogen-bond donors (Lipinski definition) is 2. The van der Waals surface area contributed by atoms with Crippen LogP contribution in [0.4, 0.5) is 0 Å². The highest BCUT2D eigenvalue weighted by Gasteiger charge is 2.78. The normalized spacial score (nSPS) is 48.3. The van der Waals surface area contributed by atoms with Crippen LogP contribution in [-0.4, -0.2) is 48.4 Å². The fraction of sp³-hybridized carbons (Fsp3) is 0.905. The molecule has 26 heavy (non-hydrogen) atoms. The summed E-state index contributed by atoms with van der Waals surface area (Å²) in [4.78, 5) is 28.2. The molecule has 2 amide bonds. The van der Waals surface area contributed by atoms with Crippen molar-refractivity contribution in [2.24, 2.45) is 28.6 Å². The molecule has 2 N–H and O–H groups in total. The van der Waals surface area contributed by atoms with E-state index in [2.05, 4.69) is 15.5 Å². The molecule has 0 aromatic rings. The van der Waals surface area contributed by atoms with E-state index < -0.39 is 0 Å². The molecule has 0 aromatic heterocycles. The molecule has 4 atom stereocenters. The second-order valence-electron chi connectivity index (χ2n) is 10.4. The second kappa shape index (κ2) is 5.03. The Hall–Kier alpha value is -1.10. The molecule has 142 valence electrons. The lowest BCUT2D eigenvalue weighted by Crippen LogP contribution is -2.48. The van der Waals surface area contributed by atoms with Crippen molar-refractivity contribution >= 4 is 11.8 Å². The van der Waals surface area contributed by atoms with Gasteiger partial charge in [-0.3, -0.25) is 9.59 Å². The maximum absolute atomic E-state index is 12.9. The largest absolute Gasteiger partial charge is 0.355 e. The van der Waals surface area contributed by atoms with Crippen LogP contribution in [0.3, 0.4) is 0 Å². The molecule has 5 aliphatic carbocycles. The second-order valence-corrected chi connectivity index (χ2v) is 10.4. The summed E-state index contributed by atoms with van der Waals surface area (Å²) in [5.74, 6) is 2.87. The van der Waals surface area contributed by atoms with E-state index in [1.54, 1.807) is 0 Å². The molecule has 2 saturated heterocycles. The van der Waals surface area contributed by atoms with Crippen LogP contribution in [0.15, 0.2) is 0 Å². The molecule has 0 spiro atoms. The first-order valence-corrected chi connectivity index (χ1v) is 10.9. The van der Waals surface area contributed by atoms with Gasteiger partial charge in [0, 0.05) is 18.6 Å². The van der Waals surface area contributed by atoms with E-state index in [9.17, 15) is 9.59 Å². The van der Waals surface area contributed by atoms with Crippen LogP contribution >= 0.6 is 0 Å². The molecular weight excluding hydrogens is 326 g/mol. The minimum absolute atomic E-state index is 0.00876. The highest BCUT2D eigenvalue weighted by molar-refractivity contribution is 5.89. The Labute approximate surface area is 155 Å². The highest BCUT2D eigenvalue weighted by Crippen LogP contribution is 2.79. The predicted octanol–water partition coefficient (Wildman–Crippen LogP) is 1.67. The van der Waals surface area contributed by atoms with E-state index >= 15 is 0 Å². The summed E-state index contributed by atoms with van der Waals surface area (Å²) in [7, 11) is 0. The molecule has 7 rings (SSSR count). The average Bonchev–Trinajstić information content (AvgIpc) is 3.20. The summed E-state index contributed by atoms with van der Waals surface area (Å²) in [5.41, 5.74) is -0.0910. The van der Waals surface area contributed by atoms with E-state index in [0.29, 0.717) is 24.3 Å². The van der Waals surface area contributed by atoms with E-state index in [0.717, 1.165) is 70.5 Å². The number of piperidine rings is 1. The molecular formula is C21H31N3O2. The zero-order valence-electron chi connectivity index (χ0n) is 15.7. The van der Waals surface area contributed by atoms with E-state index in [1.807, 2.05) is 0 Å². The summed E-state index contributed by atoms with van der Waals surface area (Å²) in [6.45, 7) is 3.91. The molecule has 0 radical (unpaired) electrons. The van der Waals surface area contributed by atoms with Gasteiger partial charge < -0.3 is 15.5 Å². The lowest BCUT2D eigenvalue weighted by atomic mass is 9.80. The lowest BCUT2D eigenvalue weighted by Gasteiger charge is -2.32. The van der Waals surface area contributed by atoms with E-state index in [4.69, 9.17) is 0 Å². The Morgan fingerprint density at radius 1 is 1.00 bits per heavy atom. The standard InChI is InChI=1S/C21H31N3O2/c25-17(19-2-1-8-24(13-19)9-6-19)22-7-5-20(3-4-20)23-18(26)21-12-14-10-15(21)16(21)11-14/h14-16H,1-13H2,(H,22,25)(H,23,26). The van der Waals surface area contributed by atoms with Gasteiger partial charge in [0.25, 0.3) is 0 Å². The highest BCUT2D eigenvalue weighted by atomic mass is 16.2. The molecule has 4 unspecified atom stereocenters. The van der Waals surface area contributed by atoms with Crippen molar-refractivity contribution in [3.63, 3.8) is 0 Å². The van der Waals surface area contributed by atoms with Gasteiger partial charge in [0.2, 0.25) is 11.8 Å². The first kappa shape index (κ1) is 15.9. The van der Waals surface area contributed by atoms with Crippen molar-refractivity contribution in [2.45, 2.75) is 63.3 Å². The zero-order valence-corrected chi connectivity index (χ0v) is 15.7. The number of carbonyl (C=O) groups excluding carboxylic acids is 2. The first-order chi connectivity index (χ1) is 12.6. The Bertz CT molecular complexity index is 656. The fourth-order valence-electron chi connectivity index (χ4n) is 7.39. The Morgan fingerprint density at radius 3 is 2.50 bits per heavy atom. The van der Waals surface area contributed by atoms with Crippen LogP contribution in [0, 0.1) is 28.6 Å². The van der Waals surface area contributed by atoms with Gasteiger partial charge >= 0.3 is 0 Å². The van der Waals surface area contributed by atoms with Gasteiger partial charge in [-0.25, -0.2) is 0 Å². The molecule has 5 saturated carbocycles. The van der Waals surface area contributed by atoms with Crippen molar-refractivity contribution < 1.29 is 9.59 Å². The van der Waals surface area contributed by atoms with Gasteiger partial charge in [0.05, 0.1) is 10.8 Å². The maximum atomic E-state index is 12.9. The summed E-state index contributed by atoms with van der Waals surface area (Å²) in [5, 5.41) is 6.66. The number of rotatable bonds is 6. The first-order valence-electron chi connectivity index (χ1n) is 10.9. The van der Waals surface area contributed by atoms with Crippen molar-refractivity contribution in [3.05, 3.63) is 0 Å². The number of carbonyl (C=O) groups is 2. The van der Waals surface area contributed by atoms with Crippen LogP contribution in [0.1, 0.15) is 57.8 Å². The number of nitrogens with zero attached hydrogens (tertiary/aromatic N) is 1. The number of nitrogens with one attached hydrogen (secondary N) is 2.